The lowest BCUT2D eigenvalue weighted by Gasteiger charge is -2.13. The largest absolute Gasteiger partial charge is 0.478 e. The number of carboxylic acid groups (broad SMARTS) is 1. The lowest BCUT2D eigenvalue weighted by Crippen LogP contribution is -2.17. The Kier molecular flexibility index (Phi) is 2.14. The zero-order chi connectivity index (χ0) is 11.1. The minimum Gasteiger partial charge on any atom is -0.478 e. The predicted octanol–water partition coefficient (Wildman–Crippen LogP) is 2.49. The van der Waals surface area contributed by atoms with E-state index in [4.69, 9.17) is 5.11 Å². The number of halogens is 1. The van der Waals surface area contributed by atoms with Crippen molar-refractivity contribution in [2.24, 2.45) is 0 Å². The quantitative estimate of drug-likeness (QED) is 0.804. The van der Waals surface area contributed by atoms with E-state index in [2.05, 4.69) is 5.32 Å². The molecule has 0 aromatic heterocycles. The van der Waals surface area contributed by atoms with Crippen LogP contribution in [0.25, 0.3) is 0 Å². The van der Waals surface area contributed by atoms with Crippen molar-refractivity contribution in [2.75, 3.05) is 5.32 Å². The number of hydrogen-bond donors (Lipinski definition) is 2. The smallest absolute Gasteiger partial charge is 0.335 e. The third-order valence-corrected chi connectivity index (χ3v) is 2.65. The average Bonchev–Trinajstić information content (AvgIpc) is 2.87. The maximum Gasteiger partial charge on any atom is 0.335 e. The topological polar surface area (TPSA) is 49.3 Å². The second-order valence-corrected chi connectivity index (χ2v) is 4.19. The molecule has 1 fully saturated rings. The van der Waals surface area contributed by atoms with Gasteiger partial charge in [0, 0.05) is 5.54 Å². The van der Waals surface area contributed by atoms with Crippen LogP contribution in [0.2, 0.25) is 0 Å². The van der Waals surface area contributed by atoms with E-state index < -0.39 is 11.8 Å². The van der Waals surface area contributed by atoms with E-state index in [0.717, 1.165) is 18.9 Å². The minimum atomic E-state index is -1.11. The van der Waals surface area contributed by atoms with Gasteiger partial charge in [-0.1, -0.05) is 0 Å². The van der Waals surface area contributed by atoms with E-state index in [9.17, 15) is 9.18 Å². The van der Waals surface area contributed by atoms with Crippen molar-refractivity contribution < 1.29 is 14.3 Å². The van der Waals surface area contributed by atoms with Gasteiger partial charge in [0.05, 0.1) is 11.3 Å². The maximum absolute atomic E-state index is 13.4. The van der Waals surface area contributed by atoms with E-state index in [1.165, 1.54) is 12.1 Å². The van der Waals surface area contributed by atoms with Crippen LogP contribution in [0.3, 0.4) is 0 Å². The van der Waals surface area contributed by atoms with E-state index in [1.54, 1.807) is 0 Å². The highest BCUT2D eigenvalue weighted by atomic mass is 19.1. The highest BCUT2D eigenvalue weighted by molar-refractivity contribution is 5.88. The second kappa shape index (κ2) is 3.22. The summed E-state index contributed by atoms with van der Waals surface area (Å²) in [7, 11) is 0. The lowest BCUT2D eigenvalue weighted by molar-refractivity contribution is 0.0696. The fourth-order valence-electron chi connectivity index (χ4n) is 1.39. The fourth-order valence-corrected chi connectivity index (χ4v) is 1.39. The standard InChI is InChI=1S/C11H12FNO2/c1-11(4-5-11)13-9-3-2-7(10(14)15)6-8(9)12/h2-3,6,13H,4-5H2,1H3,(H,14,15). The first kappa shape index (κ1) is 9.96. The molecule has 2 rings (SSSR count). The van der Waals surface area contributed by atoms with Crippen molar-refractivity contribution in [1.82, 2.24) is 0 Å². The van der Waals surface area contributed by atoms with Gasteiger partial charge < -0.3 is 10.4 Å². The molecule has 0 aliphatic heterocycles. The number of carbonyl (C=O) groups is 1. The molecule has 0 atom stereocenters. The molecule has 2 N–H and O–H groups in total. The van der Waals surface area contributed by atoms with Crippen LogP contribution >= 0.6 is 0 Å². The van der Waals surface area contributed by atoms with Crippen molar-refractivity contribution in [3.8, 4) is 0 Å². The zero-order valence-corrected chi connectivity index (χ0v) is 8.38. The van der Waals surface area contributed by atoms with Crippen LogP contribution in [-0.4, -0.2) is 16.6 Å². The van der Waals surface area contributed by atoms with Gasteiger partial charge in [0.2, 0.25) is 0 Å². The van der Waals surface area contributed by atoms with E-state index >= 15 is 0 Å². The molecule has 0 spiro atoms. The second-order valence-electron chi connectivity index (χ2n) is 4.19. The number of benzene rings is 1. The SMILES string of the molecule is CC1(Nc2ccc(C(=O)O)cc2F)CC1. The molecule has 0 saturated heterocycles. The van der Waals surface area contributed by atoms with Crippen molar-refractivity contribution in [1.29, 1.82) is 0 Å². The van der Waals surface area contributed by atoms with Gasteiger partial charge in [-0.2, -0.15) is 0 Å². The van der Waals surface area contributed by atoms with Gasteiger partial charge in [0.25, 0.3) is 0 Å². The number of aromatic carboxylic acids is 1. The summed E-state index contributed by atoms with van der Waals surface area (Å²) in [6, 6.07) is 3.91. The van der Waals surface area contributed by atoms with Gasteiger partial charge in [0.1, 0.15) is 5.82 Å². The molecule has 1 aliphatic rings. The fraction of sp³-hybridized carbons (Fsp3) is 0.364. The molecular weight excluding hydrogens is 197 g/mol. The van der Waals surface area contributed by atoms with Gasteiger partial charge in [-0.25, -0.2) is 9.18 Å². The first-order valence-corrected chi connectivity index (χ1v) is 4.81. The van der Waals surface area contributed by atoms with Crippen LogP contribution in [0.15, 0.2) is 18.2 Å². The number of rotatable bonds is 3. The summed E-state index contributed by atoms with van der Waals surface area (Å²) in [6.07, 6.45) is 2.04. The number of carboxylic acids is 1. The zero-order valence-electron chi connectivity index (χ0n) is 8.38. The molecule has 80 valence electrons. The summed E-state index contributed by atoms with van der Waals surface area (Å²) in [5.41, 5.74) is 0.338. The normalized spacial score (nSPS) is 17.2. The molecule has 4 heteroatoms. The Morgan fingerprint density at radius 2 is 2.20 bits per heavy atom. The first-order valence-electron chi connectivity index (χ1n) is 4.81. The van der Waals surface area contributed by atoms with Crippen molar-refractivity contribution >= 4 is 11.7 Å². The molecule has 1 aromatic rings. The number of anilines is 1. The van der Waals surface area contributed by atoms with Gasteiger partial charge >= 0.3 is 5.97 Å². The van der Waals surface area contributed by atoms with Crippen LogP contribution < -0.4 is 5.32 Å². The summed E-state index contributed by atoms with van der Waals surface area (Å²) in [4.78, 5) is 10.6. The summed E-state index contributed by atoms with van der Waals surface area (Å²) >= 11 is 0. The Labute approximate surface area is 86.9 Å². The van der Waals surface area contributed by atoms with Crippen LogP contribution in [0.4, 0.5) is 10.1 Å². The van der Waals surface area contributed by atoms with Crippen LogP contribution in [0.5, 0.6) is 0 Å². The summed E-state index contributed by atoms with van der Waals surface area (Å²) in [5, 5.41) is 11.7. The molecule has 0 heterocycles. The Morgan fingerprint density at radius 3 is 2.67 bits per heavy atom. The predicted molar refractivity (Wildman–Crippen MR) is 54.6 cm³/mol. The monoisotopic (exact) mass is 209 g/mol. The Morgan fingerprint density at radius 1 is 1.53 bits per heavy atom. The Hall–Kier alpha value is -1.58. The summed E-state index contributed by atoms with van der Waals surface area (Å²) < 4.78 is 13.4. The highest BCUT2D eigenvalue weighted by Crippen LogP contribution is 2.38. The van der Waals surface area contributed by atoms with E-state index in [0.29, 0.717) is 5.69 Å². The van der Waals surface area contributed by atoms with Crippen LogP contribution in [0, 0.1) is 5.82 Å². The van der Waals surface area contributed by atoms with E-state index in [-0.39, 0.29) is 11.1 Å². The lowest BCUT2D eigenvalue weighted by atomic mass is 10.2. The maximum atomic E-state index is 13.4. The van der Waals surface area contributed by atoms with E-state index in [1.807, 2.05) is 6.92 Å². The highest BCUT2D eigenvalue weighted by Gasteiger charge is 2.37. The molecule has 1 aromatic carbocycles. The molecule has 0 unspecified atom stereocenters. The molecule has 15 heavy (non-hydrogen) atoms. The first-order chi connectivity index (χ1) is 7.00. The van der Waals surface area contributed by atoms with Crippen molar-refractivity contribution in [3.63, 3.8) is 0 Å². The van der Waals surface area contributed by atoms with Crippen LogP contribution in [-0.2, 0) is 0 Å². The van der Waals surface area contributed by atoms with Gasteiger partial charge in [0.15, 0.2) is 0 Å². The number of nitrogens with one attached hydrogen (secondary N) is 1. The summed E-state index contributed by atoms with van der Waals surface area (Å²) in [6.45, 7) is 2.01. The van der Waals surface area contributed by atoms with Gasteiger partial charge in [-0.15, -0.1) is 0 Å². The molecule has 0 bridgehead atoms. The Balaban J connectivity index is 2.22. The average molecular weight is 209 g/mol. The van der Waals surface area contributed by atoms with Crippen molar-refractivity contribution in [3.05, 3.63) is 29.6 Å². The summed E-state index contributed by atoms with van der Waals surface area (Å²) in [5.74, 6) is -1.62. The molecule has 3 nitrogen and oxygen atoms in total. The molecule has 1 aliphatic carbocycles. The minimum absolute atomic E-state index is 0.00835. The third-order valence-electron chi connectivity index (χ3n) is 2.65. The molecular formula is C11H12FNO2. The van der Waals surface area contributed by atoms with Gasteiger partial charge in [-0.05, 0) is 38.0 Å². The third kappa shape index (κ3) is 2.09. The molecule has 1 saturated carbocycles. The number of hydrogen-bond acceptors (Lipinski definition) is 2. The van der Waals surface area contributed by atoms with Crippen LogP contribution in [0.1, 0.15) is 30.1 Å². The van der Waals surface area contributed by atoms with Crippen molar-refractivity contribution in [2.45, 2.75) is 25.3 Å². The molecule has 0 amide bonds. The Bertz CT molecular complexity index is 413. The molecule has 0 radical (unpaired) electrons. The van der Waals surface area contributed by atoms with Gasteiger partial charge in [-0.3, -0.25) is 0 Å².